The summed E-state index contributed by atoms with van der Waals surface area (Å²) in [5.41, 5.74) is 7.56. The number of nitrogen functional groups attached to an aromatic ring is 1. The van der Waals surface area contributed by atoms with Crippen LogP contribution in [0.2, 0.25) is 0 Å². The average Bonchev–Trinajstić information content (AvgIpc) is 3.47. The first-order valence-corrected chi connectivity index (χ1v) is 11.6. The normalized spacial score (nSPS) is 15.8. The molecule has 3 aromatic rings. The van der Waals surface area contributed by atoms with Crippen molar-refractivity contribution in [3.05, 3.63) is 70.7 Å². The zero-order valence-electron chi connectivity index (χ0n) is 19.4. The second-order valence-electron chi connectivity index (χ2n) is 7.84. The van der Waals surface area contributed by atoms with Crippen LogP contribution in [0.25, 0.3) is 0 Å². The summed E-state index contributed by atoms with van der Waals surface area (Å²) >= 11 is 1.02. The number of thiazole rings is 1. The Morgan fingerprint density at radius 1 is 1.14 bits per heavy atom. The third-order valence-electron chi connectivity index (χ3n) is 5.57. The molecule has 2 heterocycles. The highest BCUT2D eigenvalue weighted by Crippen LogP contribution is 2.27. The number of benzene rings is 2. The Labute approximate surface area is 210 Å². The number of hydrogen-bond acceptors (Lipinski definition) is 9. The van der Waals surface area contributed by atoms with E-state index in [1.807, 2.05) is 0 Å². The number of rotatable bonds is 8. The zero-order chi connectivity index (χ0) is 25.8. The standard InChI is InChI=1S/C24H23N5O6S/c1-34-16-9-5-14(6-10-16)19-21(31)29(24(33)27-19)18(11-13-3-7-15(25)8-4-13)20(30)28-23-26-17(12-36-23)22(32)35-2/h3-10,12,18-19H,11,25H2,1-2H3,(H,27,33)(H,26,28,30)/t18-,19+/m0/s1. The van der Waals surface area contributed by atoms with Gasteiger partial charge in [0, 0.05) is 17.5 Å². The molecule has 0 bridgehead atoms. The van der Waals surface area contributed by atoms with E-state index in [0.717, 1.165) is 16.2 Å². The number of esters is 1. The number of amides is 4. The Kier molecular flexibility index (Phi) is 7.15. The summed E-state index contributed by atoms with van der Waals surface area (Å²) in [6, 6.07) is 10.6. The van der Waals surface area contributed by atoms with Crippen molar-refractivity contribution in [2.45, 2.75) is 18.5 Å². The summed E-state index contributed by atoms with van der Waals surface area (Å²) in [5, 5.41) is 6.82. The Bertz CT molecular complexity index is 1290. The molecule has 1 aromatic heterocycles. The molecule has 1 saturated heterocycles. The number of hydrogen-bond donors (Lipinski definition) is 3. The number of aromatic nitrogens is 1. The maximum atomic E-state index is 13.4. The van der Waals surface area contributed by atoms with Gasteiger partial charge in [-0.1, -0.05) is 24.3 Å². The van der Waals surface area contributed by atoms with Gasteiger partial charge in [0.05, 0.1) is 14.2 Å². The fourth-order valence-electron chi connectivity index (χ4n) is 3.71. The monoisotopic (exact) mass is 509 g/mol. The number of nitrogens with one attached hydrogen (secondary N) is 2. The van der Waals surface area contributed by atoms with Crippen molar-refractivity contribution in [3.63, 3.8) is 0 Å². The van der Waals surface area contributed by atoms with Gasteiger partial charge in [-0.2, -0.15) is 0 Å². The van der Waals surface area contributed by atoms with E-state index in [9.17, 15) is 19.2 Å². The fourth-order valence-corrected chi connectivity index (χ4v) is 4.39. The van der Waals surface area contributed by atoms with Crippen LogP contribution in [0.3, 0.4) is 0 Å². The topological polar surface area (TPSA) is 153 Å². The number of imide groups is 1. The molecule has 0 spiro atoms. The molecule has 2 atom stereocenters. The van der Waals surface area contributed by atoms with Crippen molar-refractivity contribution in [2.75, 3.05) is 25.3 Å². The van der Waals surface area contributed by atoms with Crippen LogP contribution >= 0.6 is 11.3 Å². The zero-order valence-corrected chi connectivity index (χ0v) is 20.2. The predicted octanol–water partition coefficient (Wildman–Crippen LogP) is 2.36. The lowest BCUT2D eigenvalue weighted by Gasteiger charge is -2.24. The minimum atomic E-state index is -1.20. The number of nitrogens with two attached hydrogens (primary N) is 1. The smallest absolute Gasteiger partial charge is 0.357 e. The minimum absolute atomic E-state index is 0.0300. The van der Waals surface area contributed by atoms with Gasteiger partial charge < -0.3 is 25.8 Å². The fraction of sp³-hybridized carbons (Fsp3) is 0.208. The lowest BCUT2D eigenvalue weighted by Crippen LogP contribution is -2.49. The highest BCUT2D eigenvalue weighted by atomic mass is 32.1. The lowest BCUT2D eigenvalue weighted by atomic mass is 10.0. The molecule has 0 aliphatic carbocycles. The van der Waals surface area contributed by atoms with Crippen LogP contribution in [0.15, 0.2) is 53.9 Å². The molecule has 0 radical (unpaired) electrons. The highest BCUT2D eigenvalue weighted by Gasteiger charge is 2.45. The summed E-state index contributed by atoms with van der Waals surface area (Å²) in [7, 11) is 2.75. The largest absolute Gasteiger partial charge is 0.497 e. The first-order valence-electron chi connectivity index (χ1n) is 10.8. The number of carbonyl (C=O) groups is 4. The molecule has 11 nitrogen and oxygen atoms in total. The maximum Gasteiger partial charge on any atom is 0.357 e. The number of urea groups is 1. The average molecular weight is 510 g/mol. The Balaban J connectivity index is 1.61. The van der Waals surface area contributed by atoms with Gasteiger partial charge in [-0.15, -0.1) is 11.3 Å². The van der Waals surface area contributed by atoms with Crippen LogP contribution < -0.4 is 21.1 Å². The van der Waals surface area contributed by atoms with Gasteiger partial charge in [0.15, 0.2) is 10.8 Å². The van der Waals surface area contributed by atoms with Gasteiger partial charge in [0.25, 0.3) is 5.91 Å². The molecule has 1 aliphatic heterocycles. The van der Waals surface area contributed by atoms with E-state index in [4.69, 9.17) is 10.5 Å². The van der Waals surface area contributed by atoms with Crippen molar-refractivity contribution in [1.29, 1.82) is 0 Å². The summed E-state index contributed by atoms with van der Waals surface area (Å²) in [4.78, 5) is 56.4. The van der Waals surface area contributed by atoms with Crippen LogP contribution in [-0.2, 0) is 20.7 Å². The van der Waals surface area contributed by atoms with Crippen molar-refractivity contribution in [2.24, 2.45) is 0 Å². The van der Waals surface area contributed by atoms with Crippen LogP contribution in [0.1, 0.15) is 27.7 Å². The first kappa shape index (κ1) is 24.7. The molecule has 4 N–H and O–H groups in total. The number of carbonyl (C=O) groups excluding carboxylic acids is 4. The summed E-state index contributed by atoms with van der Waals surface area (Å²) < 4.78 is 9.78. The van der Waals surface area contributed by atoms with E-state index in [-0.39, 0.29) is 17.2 Å². The molecule has 36 heavy (non-hydrogen) atoms. The van der Waals surface area contributed by atoms with Crippen molar-refractivity contribution in [3.8, 4) is 5.75 Å². The molecule has 1 aliphatic rings. The van der Waals surface area contributed by atoms with E-state index in [1.165, 1.54) is 19.6 Å². The van der Waals surface area contributed by atoms with E-state index in [1.54, 1.807) is 48.5 Å². The Morgan fingerprint density at radius 2 is 1.83 bits per heavy atom. The maximum absolute atomic E-state index is 13.4. The SMILES string of the molecule is COC(=O)c1csc(NC(=O)[C@H](Cc2ccc(N)cc2)N2C(=O)N[C@H](c3ccc(OC)cc3)C2=O)n1. The second kappa shape index (κ2) is 10.4. The Hall–Kier alpha value is -4.45. The summed E-state index contributed by atoms with van der Waals surface area (Å²) in [5.74, 6) is -1.27. The minimum Gasteiger partial charge on any atom is -0.497 e. The molecule has 0 saturated carbocycles. The van der Waals surface area contributed by atoms with Crippen molar-refractivity contribution < 1.29 is 28.7 Å². The van der Waals surface area contributed by atoms with Crippen LogP contribution in [0.4, 0.5) is 15.6 Å². The van der Waals surface area contributed by atoms with E-state index >= 15 is 0 Å². The van der Waals surface area contributed by atoms with Crippen LogP contribution in [0, 0.1) is 0 Å². The van der Waals surface area contributed by atoms with Crippen LogP contribution in [-0.4, -0.2) is 54.0 Å². The number of anilines is 2. The molecule has 186 valence electrons. The molecule has 4 amide bonds. The first-order chi connectivity index (χ1) is 17.3. The third-order valence-corrected chi connectivity index (χ3v) is 6.33. The number of ether oxygens (including phenoxy) is 2. The molecule has 12 heteroatoms. The quantitative estimate of drug-likeness (QED) is 0.238. The second-order valence-corrected chi connectivity index (χ2v) is 8.70. The number of methoxy groups -OCH3 is 2. The van der Waals surface area contributed by atoms with Crippen molar-refractivity contribution >= 4 is 46.0 Å². The molecule has 0 unspecified atom stereocenters. The molecule has 2 aromatic carbocycles. The van der Waals surface area contributed by atoms with E-state index in [2.05, 4.69) is 20.4 Å². The summed E-state index contributed by atoms with van der Waals surface area (Å²) in [6.45, 7) is 0. The molecular weight excluding hydrogens is 486 g/mol. The molecular formula is C24H23N5O6S. The Morgan fingerprint density at radius 3 is 2.47 bits per heavy atom. The highest BCUT2D eigenvalue weighted by molar-refractivity contribution is 7.14. The van der Waals surface area contributed by atoms with Gasteiger partial charge in [-0.25, -0.2) is 19.5 Å². The number of nitrogens with zero attached hydrogens (tertiary/aromatic N) is 2. The molecule has 1 fully saturated rings. The van der Waals surface area contributed by atoms with Gasteiger partial charge in [-0.05, 0) is 35.4 Å². The van der Waals surface area contributed by atoms with E-state index < -0.39 is 35.9 Å². The van der Waals surface area contributed by atoms with Gasteiger partial charge in [0.2, 0.25) is 5.91 Å². The van der Waals surface area contributed by atoms with Crippen molar-refractivity contribution in [1.82, 2.24) is 15.2 Å². The van der Waals surface area contributed by atoms with Gasteiger partial charge in [-0.3, -0.25) is 9.59 Å². The lowest BCUT2D eigenvalue weighted by molar-refractivity contribution is -0.134. The third kappa shape index (κ3) is 5.13. The summed E-state index contributed by atoms with van der Waals surface area (Å²) in [6.07, 6.45) is 0.0375. The van der Waals surface area contributed by atoms with E-state index in [0.29, 0.717) is 22.6 Å². The van der Waals surface area contributed by atoms with Gasteiger partial charge in [0.1, 0.15) is 17.8 Å². The molecule has 4 rings (SSSR count). The predicted molar refractivity (Wildman–Crippen MR) is 132 cm³/mol. The van der Waals surface area contributed by atoms with Gasteiger partial charge >= 0.3 is 12.0 Å². The van der Waals surface area contributed by atoms with Crippen LogP contribution in [0.5, 0.6) is 5.75 Å².